The summed E-state index contributed by atoms with van der Waals surface area (Å²) < 4.78 is 13.9. The fourth-order valence-electron chi connectivity index (χ4n) is 2.37. The number of hydrogen-bond donors (Lipinski definition) is 1. The molecule has 1 aromatic rings. The van der Waals surface area contributed by atoms with Crippen LogP contribution in [0.1, 0.15) is 25.3 Å². The molecule has 16 heavy (non-hydrogen) atoms. The van der Waals surface area contributed by atoms with Crippen molar-refractivity contribution in [3.8, 4) is 0 Å². The van der Waals surface area contributed by atoms with E-state index in [1.807, 2.05) is 13.0 Å². The topological polar surface area (TPSA) is 29.3 Å². The third-order valence-electron chi connectivity index (χ3n) is 3.03. The second-order valence-electron chi connectivity index (χ2n) is 4.62. The molecule has 0 radical (unpaired) electrons. The zero-order chi connectivity index (χ0) is 11.5. The van der Waals surface area contributed by atoms with Gasteiger partial charge in [0.05, 0.1) is 5.69 Å². The van der Waals surface area contributed by atoms with Gasteiger partial charge in [0.25, 0.3) is 0 Å². The monoisotopic (exact) mass is 222 g/mol. The van der Waals surface area contributed by atoms with Crippen molar-refractivity contribution in [2.24, 2.45) is 5.73 Å². The largest absolute Gasteiger partial charge is 0.369 e. The van der Waals surface area contributed by atoms with Crippen molar-refractivity contribution in [1.82, 2.24) is 0 Å². The predicted octanol–water partition coefficient (Wildman–Crippen LogP) is 2.32. The summed E-state index contributed by atoms with van der Waals surface area (Å²) in [5.41, 5.74) is 7.62. The molecule has 0 aromatic heterocycles. The van der Waals surface area contributed by atoms with Crippen LogP contribution in [0.2, 0.25) is 0 Å². The summed E-state index contributed by atoms with van der Waals surface area (Å²) in [5, 5.41) is 0. The minimum atomic E-state index is -0.111. The van der Waals surface area contributed by atoms with Crippen LogP contribution in [0.3, 0.4) is 0 Å². The molecule has 1 aliphatic heterocycles. The van der Waals surface area contributed by atoms with Crippen LogP contribution in [0, 0.1) is 5.82 Å². The molecule has 0 spiro atoms. The summed E-state index contributed by atoms with van der Waals surface area (Å²) in [5.74, 6) is -0.111. The number of hydrogen-bond acceptors (Lipinski definition) is 2. The van der Waals surface area contributed by atoms with E-state index < -0.39 is 0 Å². The highest BCUT2D eigenvalue weighted by Gasteiger charge is 2.19. The van der Waals surface area contributed by atoms with Gasteiger partial charge < -0.3 is 10.6 Å². The van der Waals surface area contributed by atoms with E-state index in [1.165, 1.54) is 0 Å². The van der Waals surface area contributed by atoms with Crippen molar-refractivity contribution in [1.29, 1.82) is 0 Å². The Morgan fingerprint density at radius 2 is 2.06 bits per heavy atom. The normalized spacial score (nSPS) is 17.8. The molecular formula is C13H19FN2. The Hall–Kier alpha value is -1.09. The second kappa shape index (κ2) is 4.83. The van der Waals surface area contributed by atoms with Gasteiger partial charge >= 0.3 is 0 Å². The van der Waals surface area contributed by atoms with E-state index in [1.54, 1.807) is 12.1 Å². The van der Waals surface area contributed by atoms with Crippen LogP contribution < -0.4 is 10.6 Å². The zero-order valence-electron chi connectivity index (χ0n) is 9.75. The van der Waals surface area contributed by atoms with Gasteiger partial charge in [-0.25, -0.2) is 4.39 Å². The lowest BCUT2D eigenvalue weighted by molar-refractivity contribution is 0.617. The maximum Gasteiger partial charge on any atom is 0.146 e. The molecule has 0 bridgehead atoms. The summed E-state index contributed by atoms with van der Waals surface area (Å²) in [7, 11) is 0. The highest BCUT2D eigenvalue weighted by atomic mass is 19.1. The van der Waals surface area contributed by atoms with Gasteiger partial charge in [-0.1, -0.05) is 12.1 Å². The summed E-state index contributed by atoms with van der Waals surface area (Å²) in [6.07, 6.45) is 3.06. The first-order valence-corrected chi connectivity index (χ1v) is 5.96. The van der Waals surface area contributed by atoms with E-state index in [9.17, 15) is 4.39 Å². The van der Waals surface area contributed by atoms with E-state index in [2.05, 4.69) is 4.90 Å². The summed E-state index contributed by atoms with van der Waals surface area (Å²) >= 11 is 0. The lowest BCUT2D eigenvalue weighted by Crippen LogP contribution is -2.24. The van der Waals surface area contributed by atoms with Gasteiger partial charge in [0.2, 0.25) is 0 Å². The first-order chi connectivity index (χ1) is 7.68. The number of halogens is 1. The van der Waals surface area contributed by atoms with Crippen molar-refractivity contribution >= 4 is 5.69 Å². The van der Waals surface area contributed by atoms with E-state index in [0.29, 0.717) is 0 Å². The van der Waals surface area contributed by atoms with Gasteiger partial charge in [0.15, 0.2) is 0 Å². The average molecular weight is 222 g/mol. The lowest BCUT2D eigenvalue weighted by atomic mass is 10.0. The minimum Gasteiger partial charge on any atom is -0.369 e. The Morgan fingerprint density at radius 1 is 1.38 bits per heavy atom. The molecule has 1 fully saturated rings. The SMILES string of the molecule is CC(N)Cc1cccc(F)c1N1CCCC1. The number of para-hydroxylation sites is 1. The zero-order valence-corrected chi connectivity index (χ0v) is 9.75. The number of nitrogens with zero attached hydrogens (tertiary/aromatic N) is 1. The standard InChI is InChI=1S/C13H19FN2/c1-10(15)9-11-5-4-6-12(14)13(11)16-7-2-3-8-16/h4-6,10H,2-3,7-9,15H2,1H3. The van der Waals surface area contributed by atoms with Gasteiger partial charge in [-0.3, -0.25) is 0 Å². The molecule has 0 amide bonds. The maximum absolute atomic E-state index is 13.9. The number of anilines is 1. The average Bonchev–Trinajstić information content (AvgIpc) is 2.69. The number of rotatable bonds is 3. The second-order valence-corrected chi connectivity index (χ2v) is 4.62. The highest BCUT2D eigenvalue weighted by molar-refractivity contribution is 5.55. The summed E-state index contributed by atoms with van der Waals surface area (Å²) in [4.78, 5) is 2.15. The summed E-state index contributed by atoms with van der Waals surface area (Å²) in [6.45, 7) is 3.89. The van der Waals surface area contributed by atoms with Gasteiger partial charge in [0.1, 0.15) is 5.82 Å². The molecular weight excluding hydrogens is 203 g/mol. The Bertz CT molecular complexity index is 357. The van der Waals surface area contributed by atoms with Crippen molar-refractivity contribution in [3.63, 3.8) is 0 Å². The Labute approximate surface area is 96.2 Å². The predicted molar refractivity (Wildman–Crippen MR) is 65.2 cm³/mol. The third-order valence-corrected chi connectivity index (χ3v) is 3.03. The lowest BCUT2D eigenvalue weighted by Gasteiger charge is -2.22. The van der Waals surface area contributed by atoms with Crippen LogP contribution >= 0.6 is 0 Å². The van der Waals surface area contributed by atoms with Crippen molar-refractivity contribution < 1.29 is 4.39 Å². The first kappa shape index (κ1) is 11.4. The smallest absolute Gasteiger partial charge is 0.146 e. The van der Waals surface area contributed by atoms with E-state index in [-0.39, 0.29) is 11.9 Å². The molecule has 0 aliphatic carbocycles. The van der Waals surface area contributed by atoms with Crippen LogP contribution in [0.25, 0.3) is 0 Å². The van der Waals surface area contributed by atoms with Gasteiger partial charge in [-0.15, -0.1) is 0 Å². The molecule has 2 N–H and O–H groups in total. The molecule has 88 valence electrons. The molecule has 1 aliphatic rings. The first-order valence-electron chi connectivity index (χ1n) is 5.96. The van der Waals surface area contributed by atoms with Gasteiger partial charge in [-0.05, 0) is 37.8 Å². The summed E-state index contributed by atoms with van der Waals surface area (Å²) in [6, 6.07) is 5.37. The van der Waals surface area contributed by atoms with Crippen molar-refractivity contribution in [2.75, 3.05) is 18.0 Å². The quantitative estimate of drug-likeness (QED) is 0.850. The minimum absolute atomic E-state index is 0.0724. The fourth-order valence-corrected chi connectivity index (χ4v) is 2.37. The highest BCUT2D eigenvalue weighted by Crippen LogP contribution is 2.28. The van der Waals surface area contributed by atoms with E-state index in [0.717, 1.165) is 43.6 Å². The molecule has 1 aromatic carbocycles. The molecule has 2 nitrogen and oxygen atoms in total. The molecule has 2 rings (SSSR count). The van der Waals surface area contributed by atoms with Crippen LogP contribution in [-0.4, -0.2) is 19.1 Å². The van der Waals surface area contributed by atoms with E-state index in [4.69, 9.17) is 5.73 Å². The van der Waals surface area contributed by atoms with Gasteiger partial charge in [-0.2, -0.15) is 0 Å². The molecule has 3 heteroatoms. The Kier molecular flexibility index (Phi) is 3.44. The van der Waals surface area contributed by atoms with Crippen molar-refractivity contribution in [3.05, 3.63) is 29.6 Å². The van der Waals surface area contributed by atoms with Crippen molar-refractivity contribution in [2.45, 2.75) is 32.2 Å². The van der Waals surface area contributed by atoms with Crippen LogP contribution in [0.15, 0.2) is 18.2 Å². The van der Waals surface area contributed by atoms with Gasteiger partial charge in [0, 0.05) is 19.1 Å². The maximum atomic E-state index is 13.9. The molecule has 1 atom stereocenters. The van der Waals surface area contributed by atoms with Crippen LogP contribution in [-0.2, 0) is 6.42 Å². The number of nitrogens with two attached hydrogens (primary N) is 1. The Morgan fingerprint density at radius 3 is 2.69 bits per heavy atom. The van der Waals surface area contributed by atoms with Crippen LogP contribution in [0.4, 0.5) is 10.1 Å². The van der Waals surface area contributed by atoms with Crippen LogP contribution in [0.5, 0.6) is 0 Å². The fraction of sp³-hybridized carbons (Fsp3) is 0.538. The third kappa shape index (κ3) is 2.35. The molecule has 1 saturated heterocycles. The number of benzene rings is 1. The molecule has 1 unspecified atom stereocenters. The molecule has 0 saturated carbocycles. The molecule has 1 heterocycles. The van der Waals surface area contributed by atoms with E-state index >= 15 is 0 Å². The Balaban J connectivity index is 2.31.